The molecule has 63 heavy (non-hydrogen) atoms. The minimum Gasteiger partial charge on any atom is -0.483 e. The van der Waals surface area contributed by atoms with E-state index < -0.39 is 27.7 Å². The van der Waals surface area contributed by atoms with Crippen LogP contribution in [0.2, 0.25) is 15.1 Å². The van der Waals surface area contributed by atoms with Crippen molar-refractivity contribution >= 4 is 96.8 Å². The number of benzene rings is 4. The van der Waals surface area contributed by atoms with E-state index in [4.69, 9.17) is 39.5 Å². The van der Waals surface area contributed by atoms with Crippen molar-refractivity contribution in [3.63, 3.8) is 0 Å². The number of nitrogens with zero attached hydrogens (tertiary/aromatic N) is 4. The number of carbonyl (C=O) groups excluding carboxylic acids is 3. The predicted octanol–water partition coefficient (Wildman–Crippen LogP) is 9.59. The van der Waals surface area contributed by atoms with Crippen molar-refractivity contribution in [2.45, 2.75) is 79.1 Å². The van der Waals surface area contributed by atoms with E-state index in [1.54, 1.807) is 30.3 Å². The Morgan fingerprint density at radius 2 is 1.57 bits per heavy atom. The predicted molar refractivity (Wildman–Crippen MR) is 257 cm³/mol. The molecule has 0 aromatic heterocycles. The molecule has 0 saturated carbocycles. The molecule has 1 aliphatic rings. The highest BCUT2D eigenvalue weighted by atomic mass is 35.5. The number of ether oxygens (including phenoxy) is 1. The van der Waals surface area contributed by atoms with Crippen LogP contribution in [0.5, 0.6) is 5.75 Å². The number of hydrazone groups is 1. The molecule has 1 heterocycles. The number of aliphatic imine (C=N–C) groups is 1. The van der Waals surface area contributed by atoms with Crippen LogP contribution in [0.25, 0.3) is 0 Å². The average molecular weight is 939 g/mol. The van der Waals surface area contributed by atoms with Gasteiger partial charge in [-0.05, 0) is 103 Å². The topological polar surface area (TPSA) is 162 Å². The summed E-state index contributed by atoms with van der Waals surface area (Å²) in [5.41, 5.74) is 4.23. The zero-order valence-corrected chi connectivity index (χ0v) is 40.0. The Balaban J connectivity index is 1.39. The molecule has 17 heteroatoms. The van der Waals surface area contributed by atoms with Gasteiger partial charge in [0.2, 0.25) is 10.0 Å². The van der Waals surface area contributed by atoms with Gasteiger partial charge in [0.15, 0.2) is 18.2 Å². The smallest absolute Gasteiger partial charge is 0.301 e. The molecule has 5 rings (SSSR count). The number of hydrogen-bond acceptors (Lipinski definition) is 9. The van der Waals surface area contributed by atoms with Crippen molar-refractivity contribution in [2.24, 2.45) is 10.1 Å². The third-order valence-electron chi connectivity index (χ3n) is 11.2. The molecule has 0 radical (unpaired) electrons. The van der Waals surface area contributed by atoms with Crippen LogP contribution in [-0.4, -0.2) is 70.2 Å². The molecule has 1 aliphatic heterocycles. The number of rotatable bonds is 17. The number of sulfonamides is 1. The fraction of sp³-hybridized carbons (Fsp3) is 0.370. The number of likely N-dealkylation sites (N-methyl/N-ethyl adjacent to an activating group) is 1. The molecule has 3 amide bonds. The van der Waals surface area contributed by atoms with Crippen molar-refractivity contribution in [2.75, 3.05) is 47.7 Å². The summed E-state index contributed by atoms with van der Waals surface area (Å²) in [6.07, 6.45) is 2.94. The van der Waals surface area contributed by atoms with Gasteiger partial charge in [0.1, 0.15) is 11.4 Å². The van der Waals surface area contributed by atoms with E-state index in [9.17, 15) is 22.8 Å². The lowest BCUT2D eigenvalue weighted by molar-refractivity contribution is -0.118. The Labute approximate surface area is 385 Å². The zero-order valence-electron chi connectivity index (χ0n) is 37.0. The number of amides is 3. The van der Waals surface area contributed by atoms with Crippen molar-refractivity contribution in [1.29, 1.82) is 0 Å². The Kier molecular flexibility index (Phi) is 15.7. The number of anilines is 3. The molecule has 0 unspecified atom stereocenters. The Hall–Kier alpha value is -4.99. The van der Waals surface area contributed by atoms with Gasteiger partial charge in [-0.15, -0.1) is 5.10 Å². The van der Waals surface area contributed by atoms with Crippen LogP contribution in [0.15, 0.2) is 82.9 Å². The fourth-order valence-corrected chi connectivity index (χ4v) is 8.08. The van der Waals surface area contributed by atoms with Gasteiger partial charge >= 0.3 is 5.91 Å². The molecular formula is C46H54Cl3N7O6S. The molecular weight excluding hydrogens is 885 g/mol. The van der Waals surface area contributed by atoms with Crippen LogP contribution in [-0.2, 0) is 30.4 Å². The van der Waals surface area contributed by atoms with Crippen LogP contribution in [0.1, 0.15) is 88.4 Å². The van der Waals surface area contributed by atoms with Crippen LogP contribution in [0.4, 0.5) is 22.7 Å². The standard InChI is InChI=1S/C46H54Cl3N7O6S/c1-10-45(5,6)30-16-19-38(34(24-30)46(7,8)11-2)62-27-39(57)51-32-15-13-14-29(23-32)43(58)53-42-40(44(59)56(54-42)41-35(48)25-31(47)26-36(41)49)52-37-18-17-33(22-28(37)4)55(12-3)21-20-50-63(9,60)61/h13-19,22-26,50H,10-12,20-21,27H2,1-9H3,(H,51,57)(H,53,54,58). The Morgan fingerprint density at radius 1 is 0.889 bits per heavy atom. The van der Waals surface area contributed by atoms with E-state index in [0.717, 1.165) is 35.4 Å². The third-order valence-corrected chi connectivity index (χ3v) is 12.7. The van der Waals surface area contributed by atoms with Crippen LogP contribution >= 0.6 is 34.8 Å². The summed E-state index contributed by atoms with van der Waals surface area (Å²) >= 11 is 19.2. The lowest BCUT2D eigenvalue weighted by atomic mass is 9.76. The molecule has 0 atom stereocenters. The van der Waals surface area contributed by atoms with E-state index >= 15 is 0 Å². The minimum absolute atomic E-state index is 0.0233. The van der Waals surface area contributed by atoms with Gasteiger partial charge in [0.05, 0.1) is 22.0 Å². The van der Waals surface area contributed by atoms with Crippen LogP contribution < -0.4 is 30.0 Å². The van der Waals surface area contributed by atoms with Gasteiger partial charge in [-0.1, -0.05) is 94.5 Å². The first kappa shape index (κ1) is 49.0. The molecule has 4 aromatic rings. The molecule has 0 fully saturated rings. The largest absolute Gasteiger partial charge is 0.483 e. The average Bonchev–Trinajstić information content (AvgIpc) is 3.51. The molecule has 0 aliphatic carbocycles. The van der Waals surface area contributed by atoms with Gasteiger partial charge in [-0.2, -0.15) is 5.01 Å². The van der Waals surface area contributed by atoms with E-state index in [1.165, 1.54) is 23.8 Å². The first-order chi connectivity index (χ1) is 29.6. The van der Waals surface area contributed by atoms with Crippen LogP contribution in [0.3, 0.4) is 0 Å². The van der Waals surface area contributed by atoms with Crippen molar-refractivity contribution < 1.29 is 27.5 Å². The van der Waals surface area contributed by atoms with Gasteiger partial charge < -0.3 is 20.3 Å². The highest BCUT2D eigenvalue weighted by Gasteiger charge is 2.37. The van der Waals surface area contributed by atoms with Crippen molar-refractivity contribution in [3.8, 4) is 5.75 Å². The number of nitrogens with one attached hydrogen (secondary N) is 3. The molecule has 0 bridgehead atoms. The maximum atomic E-state index is 14.1. The van der Waals surface area contributed by atoms with E-state index in [2.05, 4.69) is 73.1 Å². The molecule has 4 aromatic carbocycles. The highest BCUT2D eigenvalue weighted by molar-refractivity contribution is 7.88. The maximum Gasteiger partial charge on any atom is 0.301 e. The number of aryl methyl sites for hydroxylation is 1. The van der Waals surface area contributed by atoms with Gasteiger partial charge in [-0.25, -0.2) is 18.1 Å². The second-order valence-electron chi connectivity index (χ2n) is 16.5. The number of amidine groups is 1. The first-order valence-corrected chi connectivity index (χ1v) is 23.6. The highest BCUT2D eigenvalue weighted by Crippen LogP contribution is 2.40. The molecule has 0 saturated heterocycles. The summed E-state index contributed by atoms with van der Waals surface area (Å²) < 4.78 is 31.8. The summed E-state index contributed by atoms with van der Waals surface area (Å²) in [6, 6.07) is 20.7. The van der Waals surface area contributed by atoms with Gasteiger partial charge in [0.25, 0.3) is 11.8 Å². The van der Waals surface area contributed by atoms with Crippen molar-refractivity contribution in [1.82, 2.24) is 10.0 Å². The number of carbonyl (C=O) groups is 3. The van der Waals surface area contributed by atoms with Gasteiger partial charge in [0, 0.05) is 47.2 Å². The fourth-order valence-electron chi connectivity index (χ4n) is 6.64. The number of hydrogen-bond donors (Lipinski definition) is 3. The molecule has 336 valence electrons. The number of halogens is 3. The normalized spacial score (nSPS) is 13.9. The molecule has 13 nitrogen and oxygen atoms in total. The Morgan fingerprint density at radius 3 is 2.19 bits per heavy atom. The van der Waals surface area contributed by atoms with E-state index in [0.29, 0.717) is 35.8 Å². The summed E-state index contributed by atoms with van der Waals surface area (Å²) in [4.78, 5) is 47.9. The van der Waals surface area contributed by atoms with E-state index in [1.807, 2.05) is 36.9 Å². The summed E-state index contributed by atoms with van der Waals surface area (Å²) in [7, 11) is -3.35. The molecule has 3 N–H and O–H groups in total. The first-order valence-electron chi connectivity index (χ1n) is 20.5. The summed E-state index contributed by atoms with van der Waals surface area (Å²) in [6.45, 7) is 17.7. The lowest BCUT2D eigenvalue weighted by Gasteiger charge is -2.30. The summed E-state index contributed by atoms with van der Waals surface area (Å²) in [5, 5.41) is 11.2. The lowest BCUT2D eigenvalue weighted by Crippen LogP contribution is -2.37. The molecule has 0 spiro atoms. The Bertz CT molecular complexity index is 2560. The van der Waals surface area contributed by atoms with E-state index in [-0.39, 0.29) is 61.8 Å². The second-order valence-corrected chi connectivity index (χ2v) is 19.6. The minimum atomic E-state index is -3.35. The third kappa shape index (κ3) is 12.2. The quantitative estimate of drug-likeness (QED) is 0.0950. The zero-order chi connectivity index (χ0) is 46.4. The van der Waals surface area contributed by atoms with Crippen LogP contribution in [0, 0.1) is 6.92 Å². The van der Waals surface area contributed by atoms with Gasteiger partial charge in [-0.3, -0.25) is 14.4 Å². The van der Waals surface area contributed by atoms with Crippen molar-refractivity contribution in [3.05, 3.63) is 110 Å². The maximum absolute atomic E-state index is 14.1. The summed E-state index contributed by atoms with van der Waals surface area (Å²) in [5.74, 6) is -1.34. The second kappa shape index (κ2) is 20.2. The SMILES string of the molecule is CCN(CCNS(C)(=O)=O)c1ccc(N=C2C(=O)N(c3c(Cl)cc(Cl)cc3Cl)N=C2NC(=O)c2cccc(NC(=O)COc3ccc(C(C)(C)CC)cc3C(C)(C)CC)c2)c(C)c1. The monoisotopic (exact) mass is 937 g/mol.